The van der Waals surface area contributed by atoms with Gasteiger partial charge in [-0.1, -0.05) is 29.3 Å². The molecule has 0 aliphatic rings. The van der Waals surface area contributed by atoms with Crippen LogP contribution in [0.4, 0.5) is 0 Å². The molecular formula is C14H18ClN3. The second kappa shape index (κ2) is 5.12. The summed E-state index contributed by atoms with van der Waals surface area (Å²) >= 11 is 6.30. The van der Waals surface area contributed by atoms with Gasteiger partial charge >= 0.3 is 0 Å². The lowest BCUT2D eigenvalue weighted by molar-refractivity contribution is 0.795. The van der Waals surface area contributed by atoms with Gasteiger partial charge in [0, 0.05) is 19.2 Å². The van der Waals surface area contributed by atoms with Gasteiger partial charge in [-0.2, -0.15) is 0 Å². The predicted octanol–water partition coefficient (Wildman–Crippen LogP) is 3.08. The van der Waals surface area contributed by atoms with Crippen molar-refractivity contribution in [3.63, 3.8) is 0 Å². The van der Waals surface area contributed by atoms with Crippen molar-refractivity contribution in [1.82, 2.24) is 14.9 Å². The van der Waals surface area contributed by atoms with Crippen molar-refractivity contribution in [3.8, 4) is 11.4 Å². The Kier molecular flexibility index (Phi) is 3.73. The van der Waals surface area contributed by atoms with Gasteiger partial charge in [0.1, 0.15) is 11.0 Å². The molecule has 0 aliphatic heterocycles. The lowest BCUT2D eigenvalue weighted by Crippen LogP contribution is -2.05. The quantitative estimate of drug-likeness (QED) is 0.922. The Morgan fingerprint density at radius 1 is 1.33 bits per heavy atom. The average molecular weight is 264 g/mol. The number of rotatable bonds is 3. The maximum Gasteiger partial charge on any atom is 0.141 e. The van der Waals surface area contributed by atoms with Crippen LogP contribution in [0, 0.1) is 13.8 Å². The van der Waals surface area contributed by atoms with Crippen molar-refractivity contribution in [1.29, 1.82) is 0 Å². The Bertz CT molecular complexity index is 573. The molecule has 0 saturated carbocycles. The first-order valence-corrected chi connectivity index (χ1v) is 6.35. The molecule has 0 radical (unpaired) electrons. The Hall–Kier alpha value is -1.32. The zero-order valence-electron chi connectivity index (χ0n) is 11.2. The van der Waals surface area contributed by atoms with Crippen molar-refractivity contribution in [2.24, 2.45) is 7.05 Å². The van der Waals surface area contributed by atoms with E-state index in [0.29, 0.717) is 11.7 Å². The molecule has 0 aliphatic carbocycles. The molecule has 2 rings (SSSR count). The number of aromatic nitrogens is 2. The Labute approximate surface area is 113 Å². The highest BCUT2D eigenvalue weighted by molar-refractivity contribution is 6.30. The molecule has 1 aromatic carbocycles. The molecule has 0 unspecified atom stereocenters. The van der Waals surface area contributed by atoms with Crippen LogP contribution in [-0.2, 0) is 13.6 Å². The largest absolute Gasteiger partial charge is 0.318 e. The van der Waals surface area contributed by atoms with E-state index >= 15 is 0 Å². The molecule has 18 heavy (non-hydrogen) atoms. The van der Waals surface area contributed by atoms with E-state index in [2.05, 4.69) is 42.3 Å². The van der Waals surface area contributed by atoms with Crippen molar-refractivity contribution in [2.75, 3.05) is 7.05 Å². The minimum atomic E-state index is 0.678. The molecule has 3 nitrogen and oxygen atoms in total. The van der Waals surface area contributed by atoms with Crippen molar-refractivity contribution >= 4 is 11.6 Å². The number of hydrogen-bond donors (Lipinski definition) is 1. The highest BCUT2D eigenvalue weighted by Gasteiger charge is 2.15. The number of nitrogens with one attached hydrogen (secondary N) is 1. The Balaban J connectivity index is 2.57. The Morgan fingerprint density at radius 2 is 2.06 bits per heavy atom. The normalized spacial score (nSPS) is 10.9. The maximum atomic E-state index is 6.30. The van der Waals surface area contributed by atoms with E-state index in [4.69, 9.17) is 11.6 Å². The average Bonchev–Trinajstić information content (AvgIpc) is 2.61. The van der Waals surface area contributed by atoms with E-state index in [1.807, 2.05) is 18.7 Å². The Morgan fingerprint density at radius 3 is 2.72 bits per heavy atom. The fraction of sp³-hybridized carbons (Fsp3) is 0.357. The molecule has 1 heterocycles. The van der Waals surface area contributed by atoms with Gasteiger partial charge in [-0.05, 0) is 32.5 Å². The van der Waals surface area contributed by atoms with Crippen LogP contribution in [0.25, 0.3) is 11.4 Å². The van der Waals surface area contributed by atoms with Gasteiger partial charge in [0.25, 0.3) is 0 Å². The molecule has 1 aromatic heterocycles. The van der Waals surface area contributed by atoms with Crippen LogP contribution in [-0.4, -0.2) is 16.6 Å². The van der Waals surface area contributed by atoms with E-state index in [-0.39, 0.29) is 0 Å². The minimum Gasteiger partial charge on any atom is -0.318 e. The molecule has 96 valence electrons. The summed E-state index contributed by atoms with van der Waals surface area (Å²) in [7, 11) is 3.84. The second-order valence-electron chi connectivity index (χ2n) is 4.58. The summed E-state index contributed by atoms with van der Waals surface area (Å²) in [6.45, 7) is 4.86. The summed E-state index contributed by atoms with van der Waals surface area (Å²) in [5, 5.41) is 3.78. The highest BCUT2D eigenvalue weighted by atomic mass is 35.5. The molecule has 0 spiro atoms. The molecule has 1 N–H and O–H groups in total. The van der Waals surface area contributed by atoms with E-state index in [9.17, 15) is 0 Å². The smallest absolute Gasteiger partial charge is 0.141 e. The molecule has 4 heteroatoms. The van der Waals surface area contributed by atoms with Crippen molar-refractivity contribution in [3.05, 3.63) is 40.2 Å². The van der Waals surface area contributed by atoms with E-state index in [0.717, 1.165) is 17.1 Å². The third-order valence-corrected chi connectivity index (χ3v) is 3.54. The monoisotopic (exact) mass is 263 g/mol. The maximum absolute atomic E-state index is 6.30. The summed E-state index contributed by atoms with van der Waals surface area (Å²) in [6, 6.07) is 6.38. The second-order valence-corrected chi connectivity index (χ2v) is 4.94. The lowest BCUT2D eigenvalue weighted by atomic mass is 10.1. The molecule has 0 bridgehead atoms. The first-order chi connectivity index (χ1) is 8.54. The van der Waals surface area contributed by atoms with Gasteiger partial charge in [0.05, 0.1) is 5.69 Å². The molecule has 0 fully saturated rings. The standard InChI is InChI=1S/C14H18ClN3/c1-9-5-6-10(2)11(7-9)14-17-12(8-16-3)13(15)18(14)4/h5-7,16H,8H2,1-4H3. The number of nitrogens with zero attached hydrogens (tertiary/aromatic N) is 2. The minimum absolute atomic E-state index is 0.678. The summed E-state index contributed by atoms with van der Waals surface area (Å²) in [6.07, 6.45) is 0. The van der Waals surface area contributed by atoms with Crippen LogP contribution in [0.1, 0.15) is 16.8 Å². The van der Waals surface area contributed by atoms with Gasteiger partial charge in [0.2, 0.25) is 0 Å². The van der Waals surface area contributed by atoms with Crippen LogP contribution in [0.15, 0.2) is 18.2 Å². The van der Waals surface area contributed by atoms with Crippen molar-refractivity contribution < 1.29 is 0 Å². The van der Waals surface area contributed by atoms with Crippen LogP contribution < -0.4 is 5.32 Å². The van der Waals surface area contributed by atoms with Gasteiger partial charge in [-0.25, -0.2) is 4.98 Å². The number of aryl methyl sites for hydroxylation is 2. The summed E-state index contributed by atoms with van der Waals surface area (Å²) in [5.41, 5.74) is 4.46. The number of hydrogen-bond acceptors (Lipinski definition) is 2. The summed E-state index contributed by atoms with van der Waals surface area (Å²) in [4.78, 5) is 4.64. The van der Waals surface area contributed by atoms with Gasteiger partial charge < -0.3 is 9.88 Å². The third kappa shape index (κ3) is 2.28. The van der Waals surface area contributed by atoms with E-state index < -0.39 is 0 Å². The van der Waals surface area contributed by atoms with Gasteiger partial charge in [-0.15, -0.1) is 0 Å². The summed E-state index contributed by atoms with van der Waals surface area (Å²) < 4.78 is 1.94. The van der Waals surface area contributed by atoms with Gasteiger partial charge in [-0.3, -0.25) is 0 Å². The fourth-order valence-corrected chi connectivity index (χ4v) is 2.22. The SMILES string of the molecule is CNCc1nc(-c2cc(C)ccc2C)n(C)c1Cl. The van der Waals surface area contributed by atoms with Gasteiger partial charge in [0.15, 0.2) is 0 Å². The first-order valence-electron chi connectivity index (χ1n) is 5.98. The van der Waals surface area contributed by atoms with Crippen LogP contribution in [0.5, 0.6) is 0 Å². The molecule has 0 atom stereocenters. The zero-order valence-corrected chi connectivity index (χ0v) is 12.0. The lowest BCUT2D eigenvalue weighted by Gasteiger charge is -2.07. The molecule has 0 amide bonds. The number of benzene rings is 1. The fourth-order valence-electron chi connectivity index (χ4n) is 2.03. The van der Waals surface area contributed by atoms with Crippen LogP contribution in [0.2, 0.25) is 5.15 Å². The molecular weight excluding hydrogens is 246 g/mol. The predicted molar refractivity (Wildman–Crippen MR) is 75.9 cm³/mol. The highest BCUT2D eigenvalue weighted by Crippen LogP contribution is 2.27. The molecule has 2 aromatic rings. The topological polar surface area (TPSA) is 29.9 Å². The number of halogens is 1. The molecule has 0 saturated heterocycles. The van der Waals surface area contributed by atoms with Crippen LogP contribution in [0.3, 0.4) is 0 Å². The summed E-state index contributed by atoms with van der Waals surface area (Å²) in [5.74, 6) is 0.923. The van der Waals surface area contributed by atoms with E-state index in [1.54, 1.807) is 0 Å². The van der Waals surface area contributed by atoms with E-state index in [1.165, 1.54) is 11.1 Å². The third-order valence-electron chi connectivity index (χ3n) is 3.07. The van der Waals surface area contributed by atoms with Crippen molar-refractivity contribution in [2.45, 2.75) is 20.4 Å². The zero-order chi connectivity index (χ0) is 13.3. The van der Waals surface area contributed by atoms with Crippen LogP contribution >= 0.6 is 11.6 Å². The number of imidazole rings is 1. The first kappa shape index (κ1) is 13.1.